The quantitative estimate of drug-likeness (QED) is 0.237. The normalized spacial score (nSPS) is 13.1. The van der Waals surface area contributed by atoms with Crippen LogP contribution in [0.5, 0.6) is 0 Å². The number of rotatable bonds is 6. The minimum Gasteiger partial charge on any atom is -0.352 e. The molecule has 2 aromatic carbocycles. The number of carbonyl (C=O) groups is 1. The molecule has 0 saturated carbocycles. The van der Waals surface area contributed by atoms with Crippen LogP contribution in [0, 0.1) is 48.5 Å². The third-order valence-corrected chi connectivity index (χ3v) is 8.45. The number of nitrogens with one attached hydrogen (secondary N) is 2. The molecule has 0 unspecified atom stereocenters. The number of allylic oxidation sites excluding steroid dienone is 1. The van der Waals surface area contributed by atoms with Crippen LogP contribution < -0.4 is 5.32 Å². The maximum atomic E-state index is 13.1. The van der Waals surface area contributed by atoms with Crippen molar-refractivity contribution in [3.05, 3.63) is 80.3 Å². The predicted molar refractivity (Wildman–Crippen MR) is 221 cm³/mol. The molecule has 0 radical (unpaired) electrons. The number of aryl methyl sites for hydroxylation is 3. The fraction of sp³-hybridized carbons (Fsp3) is 0.323. The van der Waals surface area contributed by atoms with Gasteiger partial charge in [0.25, 0.3) is 5.91 Å². The Kier molecular flexibility index (Phi) is 5.88. The van der Waals surface area contributed by atoms with Crippen LogP contribution in [-0.2, 0) is 0 Å². The van der Waals surface area contributed by atoms with Crippen LogP contribution in [-0.4, -0.2) is 27.6 Å². The van der Waals surface area contributed by atoms with E-state index in [1.165, 1.54) is 17.3 Å². The minimum absolute atomic E-state index is 0. The Morgan fingerprint density at radius 3 is 2.51 bits per heavy atom. The van der Waals surface area contributed by atoms with Gasteiger partial charge < -0.3 is 5.32 Å². The molecule has 254 valence electrons. The Morgan fingerprint density at radius 2 is 1.84 bits per heavy atom. The van der Waals surface area contributed by atoms with Crippen molar-refractivity contribution in [3.63, 3.8) is 0 Å². The van der Waals surface area contributed by atoms with Gasteiger partial charge in [0.2, 0.25) is 0 Å². The highest BCUT2D eigenvalue weighted by molar-refractivity contribution is 7.99. The number of amides is 1. The number of carbonyl (C=O) groups excluding carboxylic acids is 1. The molecule has 2 aromatic heterocycles. The zero-order valence-electron chi connectivity index (χ0n) is 32.2. The number of pyridine rings is 1. The first-order chi connectivity index (χ1) is 22.0. The van der Waals surface area contributed by atoms with Gasteiger partial charge in [-0.3, -0.25) is 14.9 Å². The SMILES string of the molecule is [2H][2H].[2H][2H].[2H][2H].[2H][2H].[2H]c1c(C)c(C)c(C)c(C(=O)NCC)c1Sc1cc2[nH]nc(/C(C)=C/c3ccc(C)c(C)n3)c2c(C)c1C.[HH].[HH].[HH].[HH].[HH].[HH].[HH].[HH].[HH].[HH].[HH].[HH].[HH].[HH].[HH].[HH].[HH].[HH].[HH].[HH].[HH].[HH].[HH].[HH].[HH].[HH].[HH]. The van der Waals surface area contributed by atoms with Crippen molar-refractivity contribution < 1.29 is 56.6 Å². The number of H-pyrrole nitrogens is 1. The Bertz CT molecular complexity index is 1680. The van der Waals surface area contributed by atoms with Gasteiger partial charge in [-0.15, -0.1) is 0 Å². The van der Waals surface area contributed by atoms with E-state index in [9.17, 15) is 4.79 Å². The first-order valence-corrected chi connectivity index (χ1v) is 13.4. The van der Waals surface area contributed by atoms with Gasteiger partial charge in [-0.1, -0.05) is 17.8 Å². The van der Waals surface area contributed by atoms with Crippen LogP contribution in [0.4, 0.5) is 0 Å². The lowest BCUT2D eigenvalue weighted by atomic mass is 9.98. The number of hydrogen-bond acceptors (Lipinski definition) is 4. The van der Waals surface area contributed by atoms with E-state index in [-0.39, 0.29) is 44.4 Å². The van der Waals surface area contributed by atoms with E-state index >= 15 is 0 Å². The fourth-order valence-electron chi connectivity index (χ4n) is 4.54. The van der Waals surface area contributed by atoms with Crippen LogP contribution in [0.3, 0.4) is 0 Å². The average Bonchev–Trinajstić information content (AvgIpc) is 3.51. The summed E-state index contributed by atoms with van der Waals surface area (Å²) in [7, 11) is 0. The highest BCUT2D eigenvalue weighted by atomic mass is 32.2. The monoisotopic (exact) mass is 584 g/mol. The zero-order chi connectivity index (χ0) is 35.9. The van der Waals surface area contributed by atoms with Crippen molar-refractivity contribution in [2.45, 2.75) is 72.1 Å². The number of fused-ring (bicyclic) bond motifs is 1. The number of hydrogen-bond donors (Lipinski definition) is 2. The topological polar surface area (TPSA) is 70.7 Å². The van der Waals surface area contributed by atoms with Gasteiger partial charge in [0.05, 0.1) is 23.8 Å². The number of benzene rings is 2. The Balaban J connectivity index is -0.0000000212. The summed E-state index contributed by atoms with van der Waals surface area (Å²) in [5.41, 5.74) is 11.6. The molecule has 2 N–H and O–H groups in total. The molecule has 2 heterocycles. The van der Waals surface area contributed by atoms with Crippen molar-refractivity contribution in [2.75, 3.05) is 6.54 Å². The molecular formula is C31H98N4OS. The summed E-state index contributed by atoms with van der Waals surface area (Å²) in [4.78, 5) is 19.5. The Hall–Kier alpha value is -3.38. The molecule has 0 fully saturated rings. The summed E-state index contributed by atoms with van der Waals surface area (Å²) in [5.74, 6) is -0.135. The second-order valence-electron chi connectivity index (χ2n) is 9.75. The summed E-state index contributed by atoms with van der Waals surface area (Å²) in [5, 5.41) is 11.9. The number of nitrogens with zero attached hydrogens (tertiary/aromatic N) is 2. The van der Waals surface area contributed by atoms with E-state index in [4.69, 9.17) is 18.2 Å². The largest absolute Gasteiger partial charge is 0.352 e. The van der Waals surface area contributed by atoms with E-state index < -0.39 is 0 Å². The van der Waals surface area contributed by atoms with Gasteiger partial charge in [-0.05, 0) is 126 Å². The second-order valence-corrected chi connectivity index (χ2v) is 10.8. The summed E-state index contributed by atoms with van der Waals surface area (Å²) in [6, 6.07) is 6.62. The van der Waals surface area contributed by atoms with Crippen molar-refractivity contribution in [3.8, 4) is 0 Å². The molecule has 37 heavy (non-hydrogen) atoms. The smallest absolute Gasteiger partial charge is 0.252 e. The maximum Gasteiger partial charge on any atom is 0.252 e. The lowest BCUT2D eigenvalue weighted by molar-refractivity contribution is 0.0952. The molecule has 0 aliphatic carbocycles. The molecule has 4 aromatic rings. The Morgan fingerprint density at radius 1 is 1.11 bits per heavy atom. The van der Waals surface area contributed by atoms with Gasteiger partial charge in [-0.25, -0.2) is 0 Å². The lowest BCUT2D eigenvalue weighted by Crippen LogP contribution is -2.24. The molecule has 1 amide bonds. The first-order valence-electron chi connectivity index (χ1n) is 17.1. The minimum atomic E-state index is -0.135. The fourth-order valence-corrected chi connectivity index (χ4v) is 5.79. The lowest BCUT2D eigenvalue weighted by Gasteiger charge is -2.18. The van der Waals surface area contributed by atoms with Gasteiger partial charge in [-0.2, -0.15) is 5.10 Å². The Labute approximate surface area is 278 Å². The van der Waals surface area contributed by atoms with Gasteiger partial charge >= 0.3 is 0 Å². The van der Waals surface area contributed by atoms with E-state index in [2.05, 4.69) is 61.4 Å². The number of aromatic amines is 1. The van der Waals surface area contributed by atoms with Crippen LogP contribution in [0.25, 0.3) is 22.6 Å². The van der Waals surface area contributed by atoms with E-state index in [1.54, 1.807) is 0 Å². The van der Waals surface area contributed by atoms with Crippen LogP contribution in [0.1, 0.15) is 126 Å². The van der Waals surface area contributed by atoms with E-state index in [0.717, 1.165) is 66.3 Å². The zero-order valence-corrected chi connectivity index (χ0v) is 24.0. The van der Waals surface area contributed by atoms with E-state index in [1.807, 2.05) is 40.7 Å². The number of aromatic nitrogens is 3. The van der Waals surface area contributed by atoms with Gasteiger partial charge in [0.15, 0.2) is 0 Å². The molecule has 5 nitrogen and oxygen atoms in total. The molecule has 0 saturated heterocycles. The van der Waals surface area contributed by atoms with Crippen molar-refractivity contribution >= 4 is 40.2 Å². The van der Waals surface area contributed by atoms with Crippen molar-refractivity contribution in [1.82, 2.24) is 20.5 Å². The van der Waals surface area contributed by atoms with Crippen LogP contribution in [0.2, 0.25) is 0 Å². The molecule has 0 atom stereocenters. The maximum absolute atomic E-state index is 13.1. The highest BCUT2D eigenvalue weighted by Crippen LogP contribution is 2.40. The average molecular weight is 584 g/mol. The third-order valence-electron chi connectivity index (χ3n) is 7.29. The molecule has 0 aliphatic heterocycles. The molecule has 0 aliphatic rings. The summed E-state index contributed by atoms with van der Waals surface area (Å²) in [6.07, 6.45) is 2.07. The van der Waals surface area contributed by atoms with E-state index in [0.29, 0.717) is 23.0 Å². The predicted octanol–water partition coefficient (Wildman–Crippen LogP) is 15.2. The highest BCUT2D eigenvalue weighted by Gasteiger charge is 2.21. The molecule has 0 bridgehead atoms. The molecule has 4 rings (SSSR count). The third kappa shape index (κ3) is 5.08. The molecule has 0 spiro atoms. The first kappa shape index (κ1) is 20.7. The van der Waals surface area contributed by atoms with Crippen molar-refractivity contribution in [2.24, 2.45) is 0 Å². The van der Waals surface area contributed by atoms with Crippen molar-refractivity contribution in [1.29, 1.82) is 0 Å². The van der Waals surface area contributed by atoms with Crippen LogP contribution >= 0.6 is 11.8 Å². The standard InChI is InChI=1S/C31H36N4OS.31H2/c1-10-32-31(36)29-21(7)19(5)17(3)14-27(29)37-26-15-25-28(22(8)20(26)6)30(35-34-25)18(4)13-24-12-11-16(2)23(9)33-24;;;;;;;;;;;;;;;;;;;;;;;;;;;;;;;/h11-15H,10H2,1-9H3,(H,32,36)(H,34,35);31*1H/b18-13+;;;;;;;;;;;;;;;;;;;;;;;;;;;;;;;/i14D;4*1+1D;;;;;;;;;;;;;;;;;;;;;;;;;;;. The summed E-state index contributed by atoms with van der Waals surface area (Å²) < 4.78 is 48.9. The summed E-state index contributed by atoms with van der Waals surface area (Å²) >= 11 is 1.49. The van der Waals surface area contributed by atoms with Gasteiger partial charge in [0, 0.05) is 77.8 Å². The summed E-state index contributed by atoms with van der Waals surface area (Å²) in [6.45, 7) is 18.7. The van der Waals surface area contributed by atoms with Gasteiger partial charge in [0.1, 0.15) is 0 Å². The van der Waals surface area contributed by atoms with Crippen LogP contribution in [0.15, 0.2) is 34.0 Å². The molecule has 6 heteroatoms. The second kappa shape index (κ2) is 10.5. The molecular weight excluding hydrogens is 476 g/mol.